The van der Waals surface area contributed by atoms with Gasteiger partial charge in [0.15, 0.2) is 0 Å². The SMILES string of the molecule is CN(C)c1ccc(C2Nc3sc4c(c3C(=O)N2C)CCCC4)cc1. The van der Waals surface area contributed by atoms with Gasteiger partial charge in [-0.1, -0.05) is 12.1 Å². The number of aryl methyl sites for hydroxylation is 1. The average Bonchev–Trinajstić information content (AvgIpc) is 2.96. The van der Waals surface area contributed by atoms with Gasteiger partial charge < -0.3 is 15.1 Å². The van der Waals surface area contributed by atoms with Crippen molar-refractivity contribution in [2.45, 2.75) is 31.8 Å². The molecule has 0 radical (unpaired) electrons. The van der Waals surface area contributed by atoms with E-state index in [0.29, 0.717) is 0 Å². The van der Waals surface area contributed by atoms with Crippen LogP contribution in [0.1, 0.15) is 45.4 Å². The molecule has 4 nitrogen and oxygen atoms in total. The molecule has 0 spiro atoms. The summed E-state index contributed by atoms with van der Waals surface area (Å²) in [7, 11) is 5.97. The number of nitrogens with zero attached hydrogens (tertiary/aromatic N) is 2. The number of carbonyl (C=O) groups is 1. The second-order valence-corrected chi connectivity index (χ2v) is 7.97. The first-order valence-electron chi connectivity index (χ1n) is 8.52. The smallest absolute Gasteiger partial charge is 0.258 e. The van der Waals surface area contributed by atoms with E-state index >= 15 is 0 Å². The number of hydrogen-bond acceptors (Lipinski definition) is 4. The van der Waals surface area contributed by atoms with Crippen molar-refractivity contribution in [3.63, 3.8) is 0 Å². The Morgan fingerprint density at radius 2 is 1.88 bits per heavy atom. The molecule has 0 saturated heterocycles. The van der Waals surface area contributed by atoms with Crippen LogP contribution in [0.4, 0.5) is 10.7 Å². The number of carbonyl (C=O) groups excluding carboxylic acids is 1. The summed E-state index contributed by atoms with van der Waals surface area (Å²) in [6.45, 7) is 0. The normalized spacial score (nSPS) is 19.5. The minimum absolute atomic E-state index is 0.0960. The molecule has 0 saturated carbocycles. The van der Waals surface area contributed by atoms with Crippen molar-refractivity contribution < 1.29 is 4.79 Å². The molecule has 1 aromatic heterocycles. The van der Waals surface area contributed by atoms with Crippen LogP contribution >= 0.6 is 11.3 Å². The molecule has 0 fully saturated rings. The van der Waals surface area contributed by atoms with Crippen molar-refractivity contribution in [3.8, 4) is 0 Å². The van der Waals surface area contributed by atoms with Gasteiger partial charge in [-0.25, -0.2) is 0 Å². The summed E-state index contributed by atoms with van der Waals surface area (Å²) >= 11 is 1.78. The molecule has 2 aliphatic rings. The zero-order chi connectivity index (χ0) is 16.8. The Balaban J connectivity index is 1.69. The Hall–Kier alpha value is -2.01. The summed E-state index contributed by atoms with van der Waals surface area (Å²) in [6.07, 6.45) is 4.51. The standard InChI is InChI=1S/C19H23N3OS/c1-21(2)13-10-8-12(9-11-13)17-20-18-16(19(23)22(17)3)14-6-4-5-7-15(14)24-18/h8-11,17,20H,4-7H2,1-3H3. The lowest BCUT2D eigenvalue weighted by Crippen LogP contribution is -2.40. The number of fused-ring (bicyclic) bond motifs is 3. The molecule has 126 valence electrons. The third-order valence-corrected chi connectivity index (χ3v) is 6.31. The van der Waals surface area contributed by atoms with Crippen LogP contribution in [0, 0.1) is 0 Å². The van der Waals surface area contributed by atoms with E-state index in [9.17, 15) is 4.79 Å². The molecule has 5 heteroatoms. The van der Waals surface area contributed by atoms with Gasteiger partial charge in [-0.2, -0.15) is 0 Å². The molecule has 2 aromatic rings. The Morgan fingerprint density at radius 1 is 1.17 bits per heavy atom. The van der Waals surface area contributed by atoms with Gasteiger partial charge >= 0.3 is 0 Å². The highest BCUT2D eigenvalue weighted by molar-refractivity contribution is 7.16. The van der Waals surface area contributed by atoms with Gasteiger partial charge in [0.2, 0.25) is 0 Å². The summed E-state index contributed by atoms with van der Waals surface area (Å²) < 4.78 is 0. The average molecular weight is 341 g/mol. The van der Waals surface area contributed by atoms with Crippen LogP contribution in [-0.2, 0) is 12.8 Å². The lowest BCUT2D eigenvalue weighted by molar-refractivity contribution is 0.0735. The molecule has 1 unspecified atom stereocenters. The second-order valence-electron chi connectivity index (χ2n) is 6.86. The van der Waals surface area contributed by atoms with Gasteiger partial charge in [0.25, 0.3) is 5.91 Å². The third kappa shape index (κ3) is 2.38. The number of hydrogen-bond donors (Lipinski definition) is 1. The van der Waals surface area contributed by atoms with Crippen LogP contribution in [0.3, 0.4) is 0 Å². The Morgan fingerprint density at radius 3 is 2.58 bits per heavy atom. The minimum Gasteiger partial charge on any atom is -0.378 e. The van der Waals surface area contributed by atoms with Crippen molar-refractivity contribution in [1.82, 2.24) is 4.90 Å². The van der Waals surface area contributed by atoms with Gasteiger partial charge in [-0.05, 0) is 48.9 Å². The van der Waals surface area contributed by atoms with Crippen molar-refractivity contribution in [3.05, 3.63) is 45.8 Å². The Labute approximate surface area is 147 Å². The second kappa shape index (κ2) is 5.81. The summed E-state index contributed by atoms with van der Waals surface area (Å²) in [4.78, 5) is 18.3. The van der Waals surface area contributed by atoms with Crippen LogP contribution in [-0.4, -0.2) is 32.0 Å². The third-order valence-electron chi connectivity index (χ3n) is 5.09. The number of nitrogens with one attached hydrogen (secondary N) is 1. The van der Waals surface area contributed by atoms with Crippen LogP contribution in [0.2, 0.25) is 0 Å². The molecular weight excluding hydrogens is 318 g/mol. The van der Waals surface area contributed by atoms with Crippen LogP contribution < -0.4 is 10.2 Å². The van der Waals surface area contributed by atoms with Gasteiger partial charge in [-0.3, -0.25) is 4.79 Å². The highest BCUT2D eigenvalue weighted by atomic mass is 32.1. The molecule has 1 N–H and O–H groups in total. The number of rotatable bonds is 2. The molecule has 2 heterocycles. The molecule has 1 aliphatic heterocycles. The van der Waals surface area contributed by atoms with Gasteiger partial charge in [-0.15, -0.1) is 11.3 Å². The monoisotopic (exact) mass is 341 g/mol. The molecular formula is C19H23N3OS. The molecule has 1 aromatic carbocycles. The van der Waals surface area contributed by atoms with E-state index < -0.39 is 0 Å². The summed E-state index contributed by atoms with van der Waals surface area (Å²) in [5.41, 5.74) is 4.51. The fraction of sp³-hybridized carbons (Fsp3) is 0.421. The van der Waals surface area contributed by atoms with Crippen molar-refractivity contribution in [2.75, 3.05) is 31.4 Å². The van der Waals surface area contributed by atoms with E-state index in [-0.39, 0.29) is 12.1 Å². The van der Waals surface area contributed by atoms with Gasteiger partial charge in [0.05, 0.1) is 5.56 Å². The number of thiophene rings is 1. The van der Waals surface area contributed by atoms with E-state index in [1.807, 2.05) is 26.0 Å². The summed E-state index contributed by atoms with van der Waals surface area (Å²) in [5.74, 6) is 0.157. The van der Waals surface area contributed by atoms with E-state index in [4.69, 9.17) is 0 Å². The first kappa shape index (κ1) is 15.5. The van der Waals surface area contributed by atoms with Gasteiger partial charge in [0, 0.05) is 31.7 Å². The fourth-order valence-corrected chi connectivity index (χ4v) is 4.97. The zero-order valence-electron chi connectivity index (χ0n) is 14.4. The van der Waals surface area contributed by atoms with E-state index in [1.165, 1.54) is 23.3 Å². The van der Waals surface area contributed by atoms with Crippen LogP contribution in [0.25, 0.3) is 0 Å². The number of amides is 1. The predicted molar refractivity (Wildman–Crippen MR) is 100 cm³/mol. The van der Waals surface area contributed by atoms with E-state index in [1.54, 1.807) is 11.3 Å². The molecule has 1 amide bonds. The molecule has 4 rings (SSSR count). The minimum atomic E-state index is -0.0960. The predicted octanol–water partition coefficient (Wildman–Crippen LogP) is 3.89. The first-order chi connectivity index (χ1) is 11.6. The fourth-order valence-electron chi connectivity index (χ4n) is 3.67. The topological polar surface area (TPSA) is 35.6 Å². The largest absolute Gasteiger partial charge is 0.378 e. The van der Waals surface area contributed by atoms with Crippen molar-refractivity contribution in [1.29, 1.82) is 0 Å². The number of benzene rings is 1. The summed E-state index contributed by atoms with van der Waals surface area (Å²) in [6, 6.07) is 8.42. The maximum absolute atomic E-state index is 13.0. The highest BCUT2D eigenvalue weighted by Crippen LogP contribution is 2.43. The first-order valence-corrected chi connectivity index (χ1v) is 9.33. The molecule has 0 bridgehead atoms. The van der Waals surface area contributed by atoms with Crippen molar-refractivity contribution in [2.24, 2.45) is 0 Å². The summed E-state index contributed by atoms with van der Waals surface area (Å²) in [5, 5.41) is 4.67. The molecule has 1 aliphatic carbocycles. The molecule has 24 heavy (non-hydrogen) atoms. The highest BCUT2D eigenvalue weighted by Gasteiger charge is 2.35. The quantitative estimate of drug-likeness (QED) is 0.900. The van der Waals surface area contributed by atoms with Crippen LogP contribution in [0.5, 0.6) is 0 Å². The Kier molecular flexibility index (Phi) is 3.76. The lowest BCUT2D eigenvalue weighted by Gasteiger charge is -2.34. The number of anilines is 2. The van der Waals surface area contributed by atoms with E-state index in [2.05, 4.69) is 34.5 Å². The maximum Gasteiger partial charge on any atom is 0.258 e. The van der Waals surface area contributed by atoms with Crippen molar-refractivity contribution >= 4 is 27.9 Å². The lowest BCUT2D eigenvalue weighted by atomic mass is 9.94. The maximum atomic E-state index is 13.0. The molecule has 1 atom stereocenters. The van der Waals surface area contributed by atoms with Gasteiger partial charge in [0.1, 0.15) is 11.2 Å². The van der Waals surface area contributed by atoms with E-state index in [0.717, 1.165) is 34.7 Å². The zero-order valence-corrected chi connectivity index (χ0v) is 15.2. The van der Waals surface area contributed by atoms with Crippen LogP contribution in [0.15, 0.2) is 24.3 Å². The Bertz CT molecular complexity index is 779.